The van der Waals surface area contributed by atoms with Crippen LogP contribution in [-0.4, -0.2) is 43.2 Å². The number of nitrogens with one attached hydrogen (secondary N) is 1. The molecular weight excluding hydrogens is 352 g/mol. The molecule has 2 aromatic rings. The monoisotopic (exact) mass is 378 g/mol. The second kappa shape index (κ2) is 9.38. The van der Waals surface area contributed by atoms with Crippen molar-refractivity contribution >= 4 is 21.6 Å². The highest BCUT2D eigenvalue weighted by Crippen LogP contribution is 2.19. The molecule has 1 N–H and O–H groups in total. The van der Waals surface area contributed by atoms with E-state index in [2.05, 4.69) is 10.3 Å². The number of amides is 1. The molecule has 1 heterocycles. The summed E-state index contributed by atoms with van der Waals surface area (Å²) in [7, 11) is -3.39. The van der Waals surface area contributed by atoms with Gasteiger partial charge in [0.05, 0.1) is 18.3 Å². The first-order valence-corrected chi connectivity index (χ1v) is 10.5. The molecule has 0 spiro atoms. The summed E-state index contributed by atoms with van der Waals surface area (Å²) in [5.41, 5.74) is 1.63. The number of aryl methyl sites for hydroxylation is 2. The summed E-state index contributed by atoms with van der Waals surface area (Å²) < 4.78 is 27.4. The molecule has 1 aromatic carbocycles. The van der Waals surface area contributed by atoms with Gasteiger partial charge in [0.15, 0.2) is 0 Å². The maximum Gasteiger partial charge on any atom is 0.232 e. The largest absolute Gasteiger partial charge is 0.356 e. The molecule has 8 heteroatoms. The third-order valence-electron chi connectivity index (χ3n) is 3.93. The minimum atomic E-state index is -3.39. The van der Waals surface area contributed by atoms with Crippen LogP contribution in [0.1, 0.15) is 24.8 Å². The average molecular weight is 378 g/mol. The molecule has 0 aliphatic rings. The zero-order valence-corrected chi connectivity index (χ0v) is 16.1. The van der Waals surface area contributed by atoms with Crippen molar-refractivity contribution in [3.05, 3.63) is 48.5 Å². The Kier molecular flexibility index (Phi) is 7.20. The number of hydrogen-bond acceptors (Lipinski definition) is 4. The number of aromatic nitrogens is 2. The number of sulfonamides is 1. The van der Waals surface area contributed by atoms with Crippen molar-refractivity contribution in [1.82, 2.24) is 14.9 Å². The van der Waals surface area contributed by atoms with Gasteiger partial charge in [-0.25, -0.2) is 13.4 Å². The molecule has 0 atom stereocenters. The van der Waals surface area contributed by atoms with Gasteiger partial charge in [0.25, 0.3) is 0 Å². The Morgan fingerprint density at radius 3 is 2.77 bits per heavy atom. The average Bonchev–Trinajstić information content (AvgIpc) is 3.08. The van der Waals surface area contributed by atoms with Crippen molar-refractivity contribution in [2.75, 3.05) is 23.7 Å². The second-order valence-corrected chi connectivity index (χ2v) is 8.19. The van der Waals surface area contributed by atoms with E-state index in [-0.39, 0.29) is 12.5 Å². The highest BCUT2D eigenvalue weighted by atomic mass is 32.2. The molecular formula is C18H26N4O3S. The maximum absolute atomic E-state index is 12.1. The van der Waals surface area contributed by atoms with Crippen molar-refractivity contribution in [2.45, 2.75) is 32.7 Å². The Morgan fingerprint density at radius 2 is 2.12 bits per heavy atom. The molecule has 2 rings (SSSR count). The van der Waals surface area contributed by atoms with Gasteiger partial charge in [-0.1, -0.05) is 12.1 Å². The highest BCUT2D eigenvalue weighted by Gasteiger charge is 2.17. The Balaban J connectivity index is 1.75. The van der Waals surface area contributed by atoms with Gasteiger partial charge in [0.2, 0.25) is 15.9 Å². The van der Waals surface area contributed by atoms with Crippen LogP contribution < -0.4 is 9.62 Å². The predicted molar refractivity (Wildman–Crippen MR) is 102 cm³/mol. The Morgan fingerprint density at radius 1 is 1.31 bits per heavy atom. The van der Waals surface area contributed by atoms with E-state index < -0.39 is 10.0 Å². The number of carbonyl (C=O) groups is 1. The Bertz CT molecular complexity index is 804. The van der Waals surface area contributed by atoms with Crippen molar-refractivity contribution in [3.8, 4) is 0 Å². The molecule has 0 aliphatic heterocycles. The minimum absolute atomic E-state index is 0.0617. The first kappa shape index (κ1) is 20.0. The number of benzene rings is 1. The third kappa shape index (κ3) is 6.51. The van der Waals surface area contributed by atoms with E-state index >= 15 is 0 Å². The Labute approximate surface area is 155 Å². The summed E-state index contributed by atoms with van der Waals surface area (Å²) in [6, 6.07) is 7.35. The van der Waals surface area contributed by atoms with Crippen LogP contribution in [0, 0.1) is 6.92 Å². The van der Waals surface area contributed by atoms with Gasteiger partial charge >= 0.3 is 0 Å². The first-order chi connectivity index (χ1) is 12.4. The molecule has 0 aliphatic carbocycles. The van der Waals surface area contributed by atoms with Crippen LogP contribution in [0.2, 0.25) is 0 Å². The SMILES string of the molecule is Cc1cccc(N(CCCC(=O)NCCCn2ccnc2)S(C)(=O)=O)c1. The standard InChI is InChI=1S/C18H26N4O3S/c1-16-6-3-7-17(14-16)22(26(2,24)25)12-4-8-18(23)20-9-5-11-21-13-10-19-15-21/h3,6-7,10,13-15H,4-5,8-9,11-12H2,1-2H3,(H,20,23). The smallest absolute Gasteiger partial charge is 0.232 e. The first-order valence-electron chi connectivity index (χ1n) is 8.63. The van der Waals surface area contributed by atoms with Crippen LogP contribution in [0.4, 0.5) is 5.69 Å². The van der Waals surface area contributed by atoms with Crippen LogP contribution in [0.3, 0.4) is 0 Å². The lowest BCUT2D eigenvalue weighted by Gasteiger charge is -2.22. The van der Waals surface area contributed by atoms with E-state index in [0.717, 1.165) is 18.5 Å². The van der Waals surface area contributed by atoms with Crippen LogP contribution in [0.15, 0.2) is 43.0 Å². The number of rotatable bonds is 10. The fraction of sp³-hybridized carbons (Fsp3) is 0.444. The molecule has 0 radical (unpaired) electrons. The van der Waals surface area contributed by atoms with Crippen molar-refractivity contribution in [1.29, 1.82) is 0 Å². The van der Waals surface area contributed by atoms with Gasteiger partial charge < -0.3 is 9.88 Å². The third-order valence-corrected chi connectivity index (χ3v) is 5.12. The van der Waals surface area contributed by atoms with E-state index in [1.54, 1.807) is 18.6 Å². The molecule has 0 unspecified atom stereocenters. The molecule has 0 fully saturated rings. The van der Waals surface area contributed by atoms with Crippen LogP contribution >= 0.6 is 0 Å². The molecule has 0 bridgehead atoms. The fourth-order valence-electron chi connectivity index (χ4n) is 2.65. The zero-order valence-electron chi connectivity index (χ0n) is 15.3. The quantitative estimate of drug-likeness (QED) is 0.641. The second-order valence-electron chi connectivity index (χ2n) is 6.28. The van der Waals surface area contributed by atoms with Gasteiger partial charge in [0.1, 0.15) is 0 Å². The lowest BCUT2D eigenvalue weighted by molar-refractivity contribution is -0.121. The van der Waals surface area contributed by atoms with E-state index in [9.17, 15) is 13.2 Å². The van der Waals surface area contributed by atoms with E-state index in [4.69, 9.17) is 0 Å². The van der Waals surface area contributed by atoms with E-state index in [1.165, 1.54) is 10.6 Å². The molecule has 0 saturated heterocycles. The Hall–Kier alpha value is -2.35. The summed E-state index contributed by atoms with van der Waals surface area (Å²) in [6.45, 7) is 3.59. The summed E-state index contributed by atoms with van der Waals surface area (Å²) >= 11 is 0. The van der Waals surface area contributed by atoms with Gasteiger partial charge in [-0.2, -0.15) is 0 Å². The summed E-state index contributed by atoms with van der Waals surface area (Å²) in [5.74, 6) is -0.0617. The van der Waals surface area contributed by atoms with Crippen LogP contribution in [-0.2, 0) is 21.4 Å². The zero-order chi connectivity index (χ0) is 19.0. The number of anilines is 1. The maximum atomic E-state index is 12.1. The van der Waals surface area contributed by atoms with Gasteiger partial charge in [-0.3, -0.25) is 9.10 Å². The molecule has 142 valence electrons. The van der Waals surface area contributed by atoms with E-state index in [0.29, 0.717) is 25.1 Å². The fourth-order valence-corrected chi connectivity index (χ4v) is 3.61. The molecule has 1 amide bonds. The number of carbonyl (C=O) groups excluding carboxylic acids is 1. The number of imidazole rings is 1. The lowest BCUT2D eigenvalue weighted by Crippen LogP contribution is -2.32. The van der Waals surface area contributed by atoms with Gasteiger partial charge in [-0.05, 0) is 37.5 Å². The minimum Gasteiger partial charge on any atom is -0.356 e. The normalized spacial score (nSPS) is 11.3. The van der Waals surface area contributed by atoms with Crippen molar-refractivity contribution in [2.24, 2.45) is 0 Å². The molecule has 0 saturated carbocycles. The van der Waals surface area contributed by atoms with Gasteiger partial charge in [0, 0.05) is 38.4 Å². The molecule has 7 nitrogen and oxygen atoms in total. The van der Waals surface area contributed by atoms with Gasteiger partial charge in [-0.15, -0.1) is 0 Å². The topological polar surface area (TPSA) is 84.3 Å². The summed E-state index contributed by atoms with van der Waals surface area (Å²) in [5, 5.41) is 2.87. The number of hydrogen-bond donors (Lipinski definition) is 1. The summed E-state index contributed by atoms with van der Waals surface area (Å²) in [6.07, 6.45) is 8.11. The van der Waals surface area contributed by atoms with Crippen LogP contribution in [0.5, 0.6) is 0 Å². The molecule has 1 aromatic heterocycles. The predicted octanol–water partition coefficient (Wildman–Crippen LogP) is 1.94. The van der Waals surface area contributed by atoms with Crippen molar-refractivity contribution < 1.29 is 13.2 Å². The number of nitrogens with zero attached hydrogens (tertiary/aromatic N) is 3. The van der Waals surface area contributed by atoms with E-state index in [1.807, 2.05) is 35.9 Å². The lowest BCUT2D eigenvalue weighted by atomic mass is 10.2. The highest BCUT2D eigenvalue weighted by molar-refractivity contribution is 7.92. The summed E-state index contributed by atoms with van der Waals surface area (Å²) in [4.78, 5) is 15.9. The van der Waals surface area contributed by atoms with Crippen LogP contribution in [0.25, 0.3) is 0 Å². The van der Waals surface area contributed by atoms with Crippen molar-refractivity contribution in [3.63, 3.8) is 0 Å². The molecule has 26 heavy (non-hydrogen) atoms.